The van der Waals surface area contributed by atoms with Gasteiger partial charge in [-0.3, -0.25) is 0 Å². The number of aryl methyl sites for hydroxylation is 1. The molecule has 5 rings (SSSR count). The van der Waals surface area contributed by atoms with E-state index in [4.69, 9.17) is 0 Å². The van der Waals surface area contributed by atoms with Crippen molar-refractivity contribution in [2.75, 3.05) is 18.0 Å². The van der Waals surface area contributed by atoms with E-state index in [1.54, 1.807) is 23.9 Å². The van der Waals surface area contributed by atoms with Crippen LogP contribution in [-0.4, -0.2) is 73.6 Å². The Hall–Kier alpha value is -1.92. The van der Waals surface area contributed by atoms with Gasteiger partial charge in [-0.25, -0.2) is 0 Å². The van der Waals surface area contributed by atoms with Crippen LogP contribution in [0.5, 0.6) is 0 Å². The van der Waals surface area contributed by atoms with Crippen LogP contribution in [0, 0.1) is 0 Å². The van der Waals surface area contributed by atoms with Crippen molar-refractivity contribution in [1.29, 1.82) is 0 Å². The van der Waals surface area contributed by atoms with Crippen molar-refractivity contribution >= 4 is 41.1 Å². The minimum atomic E-state index is -3.80. The Morgan fingerprint density at radius 2 is 1.88 bits per heavy atom. The molecule has 9 nitrogen and oxygen atoms in total. The molecule has 0 spiro atoms. The fourth-order valence-electron chi connectivity index (χ4n) is 4.54. The van der Waals surface area contributed by atoms with Crippen LogP contribution in [-0.2, 0) is 17.1 Å². The molecule has 0 radical (unpaired) electrons. The summed E-state index contributed by atoms with van der Waals surface area (Å²) < 4.78 is 57.7. The van der Waals surface area contributed by atoms with Crippen LogP contribution in [0.1, 0.15) is 44.6 Å². The molecule has 2 atom stereocenters. The number of hydrogen-bond acceptors (Lipinski definition) is 7. The molecule has 3 aromatic rings. The second-order valence-electron chi connectivity index (χ2n) is 9.60. The van der Waals surface area contributed by atoms with Crippen LogP contribution < -0.4 is 14.9 Å². The van der Waals surface area contributed by atoms with Gasteiger partial charge in [0.2, 0.25) is 0 Å². The predicted molar refractivity (Wildman–Crippen MR) is 126 cm³/mol. The molecule has 0 amide bonds. The zero-order valence-corrected chi connectivity index (χ0v) is 21.9. The van der Waals surface area contributed by atoms with Gasteiger partial charge in [0.25, 0.3) is 0 Å². The molecule has 3 heterocycles. The van der Waals surface area contributed by atoms with Gasteiger partial charge in [-0.1, -0.05) is 0 Å². The number of nitrogens with zero attached hydrogens (tertiary/aromatic N) is 5. The first-order valence-corrected chi connectivity index (χ1v) is 14.3. The molecule has 2 fully saturated rings. The van der Waals surface area contributed by atoms with Gasteiger partial charge < -0.3 is 0 Å². The van der Waals surface area contributed by atoms with E-state index in [-0.39, 0.29) is 21.5 Å². The van der Waals surface area contributed by atoms with Crippen LogP contribution in [0.4, 0.5) is 14.5 Å². The zero-order valence-electron chi connectivity index (χ0n) is 19.3. The number of aromatic nitrogens is 4. The summed E-state index contributed by atoms with van der Waals surface area (Å²) in [5.41, 5.74) is 1.48. The Labute approximate surface area is 202 Å². The summed E-state index contributed by atoms with van der Waals surface area (Å²) in [7, 11) is -2.03. The molecule has 184 valence electrons. The van der Waals surface area contributed by atoms with E-state index >= 15 is 0 Å². The Morgan fingerprint density at radius 3 is 2.47 bits per heavy atom. The average Bonchev–Trinajstić information content (AvgIpc) is 3.14. The summed E-state index contributed by atoms with van der Waals surface area (Å²) >= 11 is -0.775. The van der Waals surface area contributed by atoms with Crippen molar-refractivity contribution in [1.82, 2.24) is 30.0 Å². The summed E-state index contributed by atoms with van der Waals surface area (Å²) in [6.45, 7) is 7.45. The molecule has 0 unspecified atom stereocenters. The van der Waals surface area contributed by atoms with Crippen molar-refractivity contribution < 1.29 is 17.2 Å². The van der Waals surface area contributed by atoms with Crippen molar-refractivity contribution in [3.8, 4) is 10.3 Å². The number of nitrogens with one attached hydrogen (secondary N) is 2. The third-order valence-electron chi connectivity index (χ3n) is 6.31. The first kappa shape index (κ1) is 23.8. The van der Waals surface area contributed by atoms with Crippen molar-refractivity contribution in [2.24, 2.45) is 7.05 Å². The molecule has 1 aromatic carbocycles. The SMILES string of the molecule is C[C@H]1CN(c2cc(S(=O)(=O)NC3(C)CC3)cc3c(-c4nnc(C(F)F)[se]4)nn(C)c23)C[C@H](C)N1. The molecule has 2 N–H and O–H groups in total. The molecule has 1 saturated carbocycles. The van der Waals surface area contributed by atoms with E-state index < -0.39 is 36.5 Å². The first-order chi connectivity index (χ1) is 16.0. The number of alkyl halides is 2. The number of hydrogen-bond donors (Lipinski definition) is 2. The number of anilines is 1. The maximum atomic E-state index is 13.4. The summed E-state index contributed by atoms with van der Waals surface area (Å²) in [5, 5.41) is 16.3. The molecule has 1 saturated heterocycles. The molecule has 34 heavy (non-hydrogen) atoms. The summed E-state index contributed by atoms with van der Waals surface area (Å²) in [4.78, 5) is 2.30. The fourth-order valence-corrected chi connectivity index (χ4v) is 7.51. The third-order valence-corrected chi connectivity index (χ3v) is 9.90. The summed E-state index contributed by atoms with van der Waals surface area (Å²) in [6, 6.07) is 3.71. The Balaban J connectivity index is 1.71. The summed E-state index contributed by atoms with van der Waals surface area (Å²) in [5.74, 6) is 0. The molecule has 2 aromatic heterocycles. The standard InChI is InChI=1S/C21H27F2N7O2SSe/c1-11-9-30(10-12(2)24-11)15-8-13(33(31,32)28-21(3)5-6-21)7-14-16(27-29(4)17(14)15)19-25-26-20(34-19)18(22)23/h7-8,11-12,18,24,28H,5-6,9-10H2,1-4H3/t11-,12-/m0/s1. The Morgan fingerprint density at radius 1 is 1.21 bits per heavy atom. The number of rotatable bonds is 6. The molecule has 2 aliphatic rings. The van der Waals surface area contributed by atoms with Gasteiger partial charge in [0, 0.05) is 0 Å². The van der Waals surface area contributed by atoms with E-state index in [9.17, 15) is 17.2 Å². The Bertz CT molecular complexity index is 1340. The third kappa shape index (κ3) is 4.39. The molecule has 1 aliphatic heterocycles. The number of piperazine rings is 1. The van der Waals surface area contributed by atoms with E-state index in [0.717, 1.165) is 24.0 Å². The van der Waals surface area contributed by atoms with Gasteiger partial charge in [0.15, 0.2) is 0 Å². The second kappa shape index (κ2) is 8.34. The molecule has 0 bridgehead atoms. The topological polar surface area (TPSA) is 105 Å². The number of fused-ring (bicyclic) bond motifs is 1. The molecule has 1 aliphatic carbocycles. The van der Waals surface area contributed by atoms with Gasteiger partial charge in [0.05, 0.1) is 0 Å². The zero-order chi connectivity index (χ0) is 24.4. The van der Waals surface area contributed by atoms with Crippen molar-refractivity contribution in [3.05, 3.63) is 16.7 Å². The Kier molecular flexibility index (Phi) is 5.84. The van der Waals surface area contributed by atoms with Gasteiger partial charge in [-0.15, -0.1) is 0 Å². The van der Waals surface area contributed by atoms with Gasteiger partial charge in [-0.2, -0.15) is 0 Å². The van der Waals surface area contributed by atoms with E-state index in [1.807, 2.05) is 6.92 Å². The number of halogens is 2. The van der Waals surface area contributed by atoms with Gasteiger partial charge >= 0.3 is 203 Å². The minimum absolute atomic E-state index is 0.136. The van der Waals surface area contributed by atoms with Gasteiger partial charge in [-0.05, 0) is 0 Å². The van der Waals surface area contributed by atoms with E-state index in [1.165, 1.54) is 0 Å². The molecular weight excluding hydrogens is 531 g/mol. The maximum absolute atomic E-state index is 13.4. The van der Waals surface area contributed by atoms with Crippen LogP contribution in [0.25, 0.3) is 21.2 Å². The van der Waals surface area contributed by atoms with Gasteiger partial charge in [0.1, 0.15) is 0 Å². The van der Waals surface area contributed by atoms with E-state index in [0.29, 0.717) is 28.7 Å². The van der Waals surface area contributed by atoms with E-state index in [2.05, 4.69) is 44.1 Å². The molecular formula is C21H27F2N7O2SSe. The average molecular weight is 559 g/mol. The van der Waals surface area contributed by atoms with Crippen LogP contribution in [0.15, 0.2) is 17.0 Å². The fraction of sp³-hybridized carbons (Fsp3) is 0.571. The van der Waals surface area contributed by atoms with Crippen molar-refractivity contribution in [3.63, 3.8) is 0 Å². The predicted octanol–water partition coefficient (Wildman–Crippen LogP) is 2.04. The number of benzene rings is 1. The first-order valence-electron chi connectivity index (χ1n) is 11.1. The van der Waals surface area contributed by atoms with Crippen LogP contribution in [0.3, 0.4) is 0 Å². The van der Waals surface area contributed by atoms with Crippen LogP contribution >= 0.6 is 0 Å². The molecule has 13 heteroatoms. The number of sulfonamides is 1. The monoisotopic (exact) mass is 559 g/mol. The normalized spacial score (nSPS) is 22.6. The van der Waals surface area contributed by atoms with Crippen molar-refractivity contribution in [2.45, 2.75) is 62.6 Å². The second-order valence-corrected chi connectivity index (χ2v) is 13.4. The van der Waals surface area contributed by atoms with Crippen LogP contribution in [0.2, 0.25) is 0 Å². The quantitative estimate of drug-likeness (QED) is 0.447. The summed E-state index contributed by atoms with van der Waals surface area (Å²) in [6.07, 6.45) is -1.09.